The van der Waals surface area contributed by atoms with Crippen LogP contribution in [0.1, 0.15) is 38.5 Å². The molecule has 0 aromatic heterocycles. The summed E-state index contributed by atoms with van der Waals surface area (Å²) >= 11 is 0. The van der Waals surface area contributed by atoms with Gasteiger partial charge in [0.15, 0.2) is 9.84 Å². The van der Waals surface area contributed by atoms with E-state index in [1.54, 1.807) is 0 Å². The fraction of sp³-hybridized carbons (Fsp3) is 1.00. The lowest BCUT2D eigenvalue weighted by Gasteiger charge is -2.27. The Balaban J connectivity index is 1.65. The molecule has 15 heavy (non-hydrogen) atoms. The van der Waals surface area contributed by atoms with Crippen LogP contribution in [0.5, 0.6) is 0 Å². The lowest BCUT2D eigenvalue weighted by atomic mass is 9.83. The third-order valence-corrected chi connectivity index (χ3v) is 5.49. The average Bonchev–Trinajstić information content (AvgIpc) is 2.08. The molecule has 2 fully saturated rings. The van der Waals surface area contributed by atoms with E-state index < -0.39 is 9.84 Å². The summed E-state index contributed by atoms with van der Waals surface area (Å²) in [5.74, 6) is 1.67. The van der Waals surface area contributed by atoms with E-state index in [2.05, 4.69) is 5.32 Å². The molecule has 88 valence electrons. The van der Waals surface area contributed by atoms with E-state index >= 15 is 0 Å². The first-order valence-electron chi connectivity index (χ1n) is 6.09. The topological polar surface area (TPSA) is 46.2 Å². The molecule has 1 heterocycles. The molecule has 1 aliphatic carbocycles. The number of rotatable bonds is 4. The molecule has 1 aliphatic heterocycles. The van der Waals surface area contributed by atoms with Crippen LogP contribution in [0.2, 0.25) is 0 Å². The second-order valence-electron chi connectivity index (χ2n) is 4.99. The van der Waals surface area contributed by atoms with Crippen molar-refractivity contribution in [2.75, 3.05) is 18.1 Å². The van der Waals surface area contributed by atoms with Crippen molar-refractivity contribution in [3.63, 3.8) is 0 Å². The van der Waals surface area contributed by atoms with Crippen LogP contribution in [-0.2, 0) is 9.84 Å². The maximum absolute atomic E-state index is 11.4. The quantitative estimate of drug-likeness (QED) is 0.794. The highest BCUT2D eigenvalue weighted by Gasteiger charge is 2.24. The molecule has 0 spiro atoms. The Labute approximate surface area is 92.6 Å². The van der Waals surface area contributed by atoms with Crippen molar-refractivity contribution in [2.24, 2.45) is 5.92 Å². The van der Waals surface area contributed by atoms with Crippen molar-refractivity contribution in [3.05, 3.63) is 0 Å². The van der Waals surface area contributed by atoms with Gasteiger partial charge >= 0.3 is 0 Å². The van der Waals surface area contributed by atoms with Crippen LogP contribution in [0.4, 0.5) is 0 Å². The Hall–Kier alpha value is -0.0900. The normalized spacial score (nSPS) is 31.1. The molecule has 1 unspecified atom stereocenters. The maximum Gasteiger partial charge on any atom is 0.151 e. The van der Waals surface area contributed by atoms with Gasteiger partial charge in [-0.1, -0.05) is 19.3 Å². The van der Waals surface area contributed by atoms with E-state index in [0.717, 1.165) is 25.3 Å². The molecule has 2 rings (SSSR count). The maximum atomic E-state index is 11.4. The predicted octanol–water partition coefficient (Wildman–Crippen LogP) is 1.34. The molecule has 3 nitrogen and oxygen atoms in total. The zero-order valence-corrected chi connectivity index (χ0v) is 10.1. The lowest BCUT2D eigenvalue weighted by Crippen LogP contribution is -2.41. The summed E-state index contributed by atoms with van der Waals surface area (Å²) in [5, 5.41) is 3.40. The summed E-state index contributed by atoms with van der Waals surface area (Å²) in [6, 6.07) is 0.226. The fourth-order valence-corrected chi connectivity index (χ4v) is 4.13. The smallest absolute Gasteiger partial charge is 0.151 e. The Morgan fingerprint density at radius 2 is 1.93 bits per heavy atom. The SMILES string of the molecule is O=S1(=O)CCCC(NCCC2CCC2)C1. The first kappa shape index (κ1) is 11.4. The standard InChI is InChI=1S/C11H21NO2S/c13-15(14)8-2-5-11(9-15)12-7-6-10-3-1-4-10/h10-12H,1-9H2. The molecule has 1 saturated carbocycles. The third kappa shape index (κ3) is 3.45. The second-order valence-corrected chi connectivity index (χ2v) is 7.22. The summed E-state index contributed by atoms with van der Waals surface area (Å²) in [4.78, 5) is 0. The first-order chi connectivity index (χ1) is 7.16. The van der Waals surface area contributed by atoms with Crippen LogP contribution in [-0.4, -0.2) is 32.5 Å². The highest BCUT2D eigenvalue weighted by Crippen LogP contribution is 2.28. The summed E-state index contributed by atoms with van der Waals surface area (Å²) in [6.07, 6.45) is 7.25. The molecule has 4 heteroatoms. The molecule has 0 aromatic rings. The molecule has 0 aromatic carbocycles. The van der Waals surface area contributed by atoms with Crippen LogP contribution in [0.25, 0.3) is 0 Å². The fourth-order valence-electron chi connectivity index (χ4n) is 2.46. The molecule has 0 radical (unpaired) electrons. The van der Waals surface area contributed by atoms with E-state index in [1.807, 2.05) is 0 Å². The van der Waals surface area contributed by atoms with Gasteiger partial charge in [0, 0.05) is 6.04 Å². The summed E-state index contributed by atoms with van der Waals surface area (Å²) < 4.78 is 22.8. The first-order valence-corrected chi connectivity index (χ1v) is 7.92. The second kappa shape index (κ2) is 4.83. The van der Waals surface area contributed by atoms with Crippen molar-refractivity contribution >= 4 is 9.84 Å². The summed E-state index contributed by atoms with van der Waals surface area (Å²) in [5.41, 5.74) is 0. The van der Waals surface area contributed by atoms with Gasteiger partial charge in [-0.15, -0.1) is 0 Å². The van der Waals surface area contributed by atoms with Crippen molar-refractivity contribution in [1.29, 1.82) is 0 Å². The van der Waals surface area contributed by atoms with Gasteiger partial charge in [0.2, 0.25) is 0 Å². The predicted molar refractivity (Wildman–Crippen MR) is 61.6 cm³/mol. The summed E-state index contributed by atoms with van der Waals surface area (Å²) in [7, 11) is -2.74. The van der Waals surface area contributed by atoms with Gasteiger partial charge in [-0.25, -0.2) is 8.42 Å². The van der Waals surface area contributed by atoms with E-state index in [4.69, 9.17) is 0 Å². The van der Waals surface area contributed by atoms with Gasteiger partial charge in [-0.3, -0.25) is 0 Å². The van der Waals surface area contributed by atoms with Crippen molar-refractivity contribution in [1.82, 2.24) is 5.32 Å². The van der Waals surface area contributed by atoms with Crippen molar-refractivity contribution in [2.45, 2.75) is 44.6 Å². The zero-order valence-electron chi connectivity index (χ0n) is 9.24. The van der Waals surface area contributed by atoms with E-state index in [-0.39, 0.29) is 6.04 Å². The molecular formula is C11H21NO2S. The highest BCUT2D eigenvalue weighted by atomic mass is 32.2. The van der Waals surface area contributed by atoms with Gasteiger partial charge in [0.05, 0.1) is 11.5 Å². The minimum Gasteiger partial charge on any atom is -0.313 e. The van der Waals surface area contributed by atoms with Gasteiger partial charge in [-0.05, 0) is 31.7 Å². The monoisotopic (exact) mass is 231 g/mol. The number of nitrogens with one attached hydrogen (secondary N) is 1. The van der Waals surface area contributed by atoms with Gasteiger partial charge in [0.25, 0.3) is 0 Å². The zero-order chi connectivity index (χ0) is 10.7. The Kier molecular flexibility index (Phi) is 3.67. The van der Waals surface area contributed by atoms with E-state index in [0.29, 0.717) is 11.5 Å². The van der Waals surface area contributed by atoms with Crippen LogP contribution in [0.15, 0.2) is 0 Å². The molecule has 0 amide bonds. The van der Waals surface area contributed by atoms with E-state index in [1.165, 1.54) is 25.7 Å². The van der Waals surface area contributed by atoms with Crippen molar-refractivity contribution < 1.29 is 8.42 Å². The van der Waals surface area contributed by atoms with Gasteiger partial charge < -0.3 is 5.32 Å². The molecule has 2 aliphatic rings. The number of hydrogen-bond donors (Lipinski definition) is 1. The van der Waals surface area contributed by atoms with Crippen LogP contribution < -0.4 is 5.32 Å². The van der Waals surface area contributed by atoms with E-state index in [9.17, 15) is 8.42 Å². The lowest BCUT2D eigenvalue weighted by molar-refractivity contribution is 0.287. The van der Waals surface area contributed by atoms with Gasteiger partial charge in [-0.2, -0.15) is 0 Å². The van der Waals surface area contributed by atoms with Crippen LogP contribution in [0, 0.1) is 5.92 Å². The largest absolute Gasteiger partial charge is 0.313 e. The minimum atomic E-state index is -2.74. The Morgan fingerprint density at radius 3 is 2.53 bits per heavy atom. The summed E-state index contributed by atoms with van der Waals surface area (Å²) in [6.45, 7) is 1.00. The molecular weight excluding hydrogens is 210 g/mol. The molecule has 1 N–H and O–H groups in total. The molecule has 1 saturated heterocycles. The van der Waals surface area contributed by atoms with Gasteiger partial charge in [0.1, 0.15) is 0 Å². The average molecular weight is 231 g/mol. The third-order valence-electron chi connectivity index (χ3n) is 3.67. The van der Waals surface area contributed by atoms with Crippen molar-refractivity contribution in [3.8, 4) is 0 Å². The number of sulfone groups is 1. The van der Waals surface area contributed by atoms with Crippen LogP contribution in [0.3, 0.4) is 0 Å². The Bertz CT molecular complexity index is 296. The molecule has 1 atom stereocenters. The molecule has 0 bridgehead atoms. The number of hydrogen-bond acceptors (Lipinski definition) is 3. The Morgan fingerprint density at radius 1 is 1.13 bits per heavy atom. The minimum absolute atomic E-state index is 0.226. The highest BCUT2D eigenvalue weighted by molar-refractivity contribution is 7.91. The van der Waals surface area contributed by atoms with Crippen LogP contribution >= 0.6 is 0 Å².